The number of hydrogen-bond donors (Lipinski definition) is 2. The van der Waals surface area contributed by atoms with Crippen molar-refractivity contribution in [3.63, 3.8) is 0 Å². The van der Waals surface area contributed by atoms with Crippen LogP contribution in [0.25, 0.3) is 0 Å². The summed E-state index contributed by atoms with van der Waals surface area (Å²) in [6, 6.07) is 0. The van der Waals surface area contributed by atoms with E-state index in [-0.39, 0.29) is 18.3 Å². The van der Waals surface area contributed by atoms with Gasteiger partial charge in [-0.2, -0.15) is 5.10 Å². The van der Waals surface area contributed by atoms with Gasteiger partial charge in [0.15, 0.2) is 0 Å². The number of halogens is 1. The van der Waals surface area contributed by atoms with E-state index in [0.29, 0.717) is 18.3 Å². The highest BCUT2D eigenvalue weighted by Crippen LogP contribution is 2.24. The van der Waals surface area contributed by atoms with Crippen LogP contribution in [-0.4, -0.2) is 35.3 Å². The van der Waals surface area contributed by atoms with Crippen LogP contribution in [0.2, 0.25) is 0 Å². The van der Waals surface area contributed by atoms with Crippen molar-refractivity contribution in [2.75, 3.05) is 19.6 Å². The van der Waals surface area contributed by atoms with Crippen LogP contribution in [0.15, 0.2) is 12.4 Å². The molecule has 1 aromatic rings. The maximum atomic E-state index is 12.0. The van der Waals surface area contributed by atoms with Crippen LogP contribution in [0.1, 0.15) is 38.2 Å². The highest BCUT2D eigenvalue weighted by atomic mass is 35.5. The maximum Gasteiger partial charge on any atom is 0.220 e. The summed E-state index contributed by atoms with van der Waals surface area (Å²) in [6.45, 7) is 5.17. The smallest absolute Gasteiger partial charge is 0.220 e. The average molecular weight is 329 g/mol. The Balaban J connectivity index is 0.00000242. The molecule has 22 heavy (non-hydrogen) atoms. The molecule has 0 spiro atoms. The van der Waals surface area contributed by atoms with E-state index in [1.165, 1.54) is 18.4 Å². The molecule has 2 heterocycles. The van der Waals surface area contributed by atoms with Crippen molar-refractivity contribution in [1.82, 2.24) is 20.4 Å². The molecule has 1 aliphatic heterocycles. The van der Waals surface area contributed by atoms with Crippen molar-refractivity contribution in [3.8, 4) is 0 Å². The van der Waals surface area contributed by atoms with Crippen LogP contribution >= 0.6 is 12.4 Å². The minimum absolute atomic E-state index is 0. The molecule has 1 fully saturated rings. The molecule has 1 unspecified atom stereocenters. The fourth-order valence-corrected chi connectivity index (χ4v) is 3.07. The highest BCUT2D eigenvalue weighted by molar-refractivity contribution is 5.85. The van der Waals surface area contributed by atoms with Gasteiger partial charge in [0.05, 0.1) is 6.20 Å². The number of hydrogen-bond acceptors (Lipinski definition) is 3. The number of amides is 1. The molecule has 1 aliphatic rings. The number of nitrogens with zero attached hydrogens (tertiary/aromatic N) is 2. The highest BCUT2D eigenvalue weighted by Gasteiger charge is 2.21. The van der Waals surface area contributed by atoms with E-state index in [4.69, 9.17) is 0 Å². The van der Waals surface area contributed by atoms with Gasteiger partial charge < -0.3 is 10.6 Å². The molecular formula is C16H29ClN4O. The molecule has 0 bridgehead atoms. The number of nitrogens with one attached hydrogen (secondary N) is 2. The van der Waals surface area contributed by atoms with Crippen LogP contribution in [-0.2, 0) is 18.3 Å². The Bertz CT molecular complexity index is 443. The van der Waals surface area contributed by atoms with Crippen molar-refractivity contribution >= 4 is 18.3 Å². The number of aryl methyl sites for hydroxylation is 2. The zero-order valence-corrected chi connectivity index (χ0v) is 14.5. The molecule has 2 N–H and O–H groups in total. The molecule has 6 heteroatoms. The standard InChI is InChI=1S/C16H28N4O.ClH/c1-13(15-5-8-17-9-6-15)10-16(21)18-7-3-4-14-11-19-20(2)12-14;/h11-13,15,17H,3-10H2,1-2H3,(H,18,21);1H. The number of carbonyl (C=O) groups is 1. The Morgan fingerprint density at radius 2 is 2.23 bits per heavy atom. The van der Waals surface area contributed by atoms with E-state index in [9.17, 15) is 4.79 Å². The van der Waals surface area contributed by atoms with Crippen molar-refractivity contribution in [1.29, 1.82) is 0 Å². The van der Waals surface area contributed by atoms with Gasteiger partial charge in [-0.05, 0) is 56.2 Å². The van der Waals surface area contributed by atoms with Crippen LogP contribution in [0.4, 0.5) is 0 Å². The van der Waals surface area contributed by atoms with Crippen molar-refractivity contribution in [3.05, 3.63) is 18.0 Å². The quantitative estimate of drug-likeness (QED) is 0.752. The molecule has 1 amide bonds. The minimum Gasteiger partial charge on any atom is -0.356 e. The largest absolute Gasteiger partial charge is 0.356 e. The Morgan fingerprint density at radius 3 is 2.86 bits per heavy atom. The van der Waals surface area contributed by atoms with Gasteiger partial charge in [-0.25, -0.2) is 0 Å². The van der Waals surface area contributed by atoms with Gasteiger partial charge in [0.2, 0.25) is 5.91 Å². The Hall–Kier alpha value is -1.07. The maximum absolute atomic E-state index is 12.0. The first-order valence-electron chi connectivity index (χ1n) is 8.10. The van der Waals surface area contributed by atoms with Gasteiger partial charge in [-0.3, -0.25) is 9.48 Å². The Labute approximate surface area is 139 Å². The summed E-state index contributed by atoms with van der Waals surface area (Å²) in [5, 5.41) is 10.6. The van der Waals surface area contributed by atoms with Crippen molar-refractivity contribution < 1.29 is 4.79 Å². The second-order valence-electron chi connectivity index (χ2n) is 6.24. The van der Waals surface area contributed by atoms with Gasteiger partial charge in [0.25, 0.3) is 0 Å². The molecule has 5 nitrogen and oxygen atoms in total. The zero-order chi connectivity index (χ0) is 15.1. The molecule has 126 valence electrons. The van der Waals surface area contributed by atoms with Gasteiger partial charge >= 0.3 is 0 Å². The molecule has 0 aromatic carbocycles. The van der Waals surface area contributed by atoms with E-state index >= 15 is 0 Å². The van der Waals surface area contributed by atoms with Crippen LogP contribution in [0, 0.1) is 11.8 Å². The first-order chi connectivity index (χ1) is 10.1. The third-order valence-electron chi connectivity index (χ3n) is 4.42. The van der Waals surface area contributed by atoms with Crippen molar-refractivity contribution in [2.45, 2.75) is 39.0 Å². The third kappa shape index (κ3) is 6.36. The second-order valence-corrected chi connectivity index (χ2v) is 6.24. The van der Waals surface area contributed by atoms with E-state index in [2.05, 4.69) is 22.7 Å². The molecular weight excluding hydrogens is 300 g/mol. The van der Waals surface area contributed by atoms with Crippen LogP contribution < -0.4 is 10.6 Å². The summed E-state index contributed by atoms with van der Waals surface area (Å²) in [5.41, 5.74) is 1.23. The number of aromatic nitrogens is 2. The lowest BCUT2D eigenvalue weighted by Crippen LogP contribution is -2.33. The molecule has 0 aliphatic carbocycles. The first-order valence-corrected chi connectivity index (χ1v) is 8.10. The summed E-state index contributed by atoms with van der Waals surface area (Å²) >= 11 is 0. The van der Waals surface area contributed by atoms with E-state index in [1.54, 1.807) is 0 Å². The first kappa shape index (κ1) is 19.0. The van der Waals surface area contributed by atoms with Crippen LogP contribution in [0.3, 0.4) is 0 Å². The number of carbonyl (C=O) groups excluding carboxylic acids is 1. The lowest BCUT2D eigenvalue weighted by Gasteiger charge is -2.27. The molecule has 1 aromatic heterocycles. The molecule has 1 atom stereocenters. The van der Waals surface area contributed by atoms with Crippen molar-refractivity contribution in [2.24, 2.45) is 18.9 Å². The van der Waals surface area contributed by atoms with E-state index in [1.807, 2.05) is 24.1 Å². The number of rotatable bonds is 7. The minimum atomic E-state index is 0. The number of piperidine rings is 1. The lowest BCUT2D eigenvalue weighted by atomic mass is 9.84. The summed E-state index contributed by atoms with van der Waals surface area (Å²) in [6.07, 6.45) is 8.93. The lowest BCUT2D eigenvalue weighted by molar-refractivity contribution is -0.122. The fourth-order valence-electron chi connectivity index (χ4n) is 3.07. The SMILES string of the molecule is CC(CC(=O)NCCCc1cnn(C)c1)C1CCNCC1.Cl. The van der Waals surface area contributed by atoms with Gasteiger partial charge in [-0.15, -0.1) is 12.4 Å². The van der Waals surface area contributed by atoms with E-state index in [0.717, 1.165) is 32.5 Å². The monoisotopic (exact) mass is 328 g/mol. The summed E-state index contributed by atoms with van der Waals surface area (Å²) in [4.78, 5) is 12.0. The van der Waals surface area contributed by atoms with Gasteiger partial charge in [0, 0.05) is 26.2 Å². The molecule has 2 rings (SSSR count). The topological polar surface area (TPSA) is 59.0 Å². The summed E-state index contributed by atoms with van der Waals surface area (Å²) < 4.78 is 1.81. The summed E-state index contributed by atoms with van der Waals surface area (Å²) in [7, 11) is 1.92. The molecule has 0 saturated carbocycles. The average Bonchev–Trinajstić information content (AvgIpc) is 2.90. The van der Waals surface area contributed by atoms with Gasteiger partial charge in [-0.1, -0.05) is 6.92 Å². The fraction of sp³-hybridized carbons (Fsp3) is 0.750. The molecule has 1 saturated heterocycles. The zero-order valence-electron chi connectivity index (χ0n) is 13.7. The summed E-state index contributed by atoms with van der Waals surface area (Å²) in [5.74, 6) is 1.39. The van der Waals surface area contributed by atoms with Crippen LogP contribution in [0.5, 0.6) is 0 Å². The Morgan fingerprint density at radius 1 is 1.50 bits per heavy atom. The van der Waals surface area contributed by atoms with Gasteiger partial charge in [0.1, 0.15) is 0 Å². The normalized spacial score (nSPS) is 16.8. The molecule has 0 radical (unpaired) electrons. The Kier molecular flexibility index (Phi) is 8.49. The predicted molar refractivity (Wildman–Crippen MR) is 91.2 cm³/mol. The van der Waals surface area contributed by atoms with E-state index < -0.39 is 0 Å². The predicted octanol–water partition coefficient (Wildman–Crippen LogP) is 1.92. The third-order valence-corrected chi connectivity index (χ3v) is 4.42. The second kappa shape index (κ2) is 9.85.